The molecular weight excluding hydrogens is 972 g/mol. The number of nitrogens with zero attached hydrogens (tertiary/aromatic N) is 3. The van der Waals surface area contributed by atoms with Gasteiger partial charge in [0.1, 0.15) is 12.1 Å². The molecule has 17 nitrogen and oxygen atoms in total. The number of hydrogen-bond donors (Lipinski definition) is 5. The van der Waals surface area contributed by atoms with Gasteiger partial charge in [0.2, 0.25) is 29.5 Å². The molecule has 4 aromatic rings. The summed E-state index contributed by atoms with van der Waals surface area (Å²) < 4.78 is 18.0. The predicted octanol–water partition coefficient (Wildman–Crippen LogP) is 7.10. The first kappa shape index (κ1) is 50.2. The number of anilines is 3. The van der Waals surface area contributed by atoms with Gasteiger partial charge in [-0.15, -0.1) is 23.2 Å². The van der Waals surface area contributed by atoms with Gasteiger partial charge in [-0.2, -0.15) is 0 Å². The molecule has 0 radical (unpaired) electrons. The Bertz CT molecular complexity index is 2970. The van der Waals surface area contributed by atoms with E-state index in [1.165, 1.54) is 12.2 Å². The third-order valence-electron chi connectivity index (χ3n) is 14.9. The number of carbonyl (C=O) groups is 7. The molecular formula is C51H58Cl2N7O10P. The van der Waals surface area contributed by atoms with Crippen LogP contribution < -0.4 is 30.3 Å². The van der Waals surface area contributed by atoms with Crippen LogP contribution in [0.1, 0.15) is 94.2 Å². The smallest absolute Gasteiger partial charge is 0.373 e. The highest BCUT2D eigenvalue weighted by molar-refractivity contribution is 7.52. The monoisotopic (exact) mass is 1030 g/mol. The molecule has 4 heterocycles. The minimum atomic E-state index is -3.97. The maximum absolute atomic E-state index is 14.9. The molecule has 7 amide bonds. The van der Waals surface area contributed by atoms with Crippen LogP contribution in [-0.4, -0.2) is 106 Å². The normalized spacial score (nSPS) is 23.5. The Kier molecular flexibility index (Phi) is 13.5. The number of rotatable bonds is 18. The van der Waals surface area contributed by atoms with Gasteiger partial charge in [0.05, 0.1) is 27.7 Å². The maximum atomic E-state index is 14.9. The van der Waals surface area contributed by atoms with Gasteiger partial charge >= 0.3 is 7.60 Å². The minimum Gasteiger partial charge on any atom is -0.422 e. The second-order valence-corrected chi connectivity index (χ2v) is 22.8. The number of unbranched alkanes of at least 4 members (excludes halogenated alkanes) is 2. The van der Waals surface area contributed by atoms with E-state index in [-0.39, 0.29) is 77.8 Å². The van der Waals surface area contributed by atoms with Crippen molar-refractivity contribution in [3.63, 3.8) is 0 Å². The highest BCUT2D eigenvalue weighted by atomic mass is 35.5. The van der Waals surface area contributed by atoms with Crippen LogP contribution in [0.2, 0.25) is 0 Å². The average Bonchev–Trinajstić information content (AvgIpc) is 4.06. The first-order chi connectivity index (χ1) is 33.7. The highest BCUT2D eigenvalue weighted by Crippen LogP contribution is 2.75. The van der Waals surface area contributed by atoms with E-state index >= 15 is 0 Å². The molecule has 376 valence electrons. The molecule has 3 fully saturated rings. The number of imide groups is 1. The molecule has 6 aliphatic rings. The molecule has 1 aromatic heterocycles. The summed E-state index contributed by atoms with van der Waals surface area (Å²) in [5.74, 6) is -2.39. The molecule has 71 heavy (non-hydrogen) atoms. The zero-order valence-electron chi connectivity index (χ0n) is 40.2. The van der Waals surface area contributed by atoms with Crippen molar-refractivity contribution >= 4 is 111 Å². The number of aromatic amines is 1. The molecule has 5 atom stereocenters. The summed E-state index contributed by atoms with van der Waals surface area (Å²) in [5.41, 5.74) is 3.27. The van der Waals surface area contributed by atoms with E-state index in [9.17, 15) is 43.0 Å². The van der Waals surface area contributed by atoms with Crippen molar-refractivity contribution in [3.05, 3.63) is 71.4 Å². The number of amides is 7. The summed E-state index contributed by atoms with van der Waals surface area (Å²) in [6.07, 6.45) is 7.06. The van der Waals surface area contributed by atoms with Crippen molar-refractivity contribution in [1.29, 1.82) is 0 Å². The molecule has 0 saturated heterocycles. The second-order valence-electron chi connectivity index (χ2n) is 20.4. The standard InChI is InChI=1S/C51H58Cl2N7O10P/c1-27(2)44(57-38(61)13-7-6-10-16-58-39(62)14-15-40(58)63)47(65)55-29(4)46(64)56-34-17-35-42(33-12-9-8-11-32(33)34)30(19-52)22-59(35)48(66)50-24-51(25-50,26-50)49(67)60-23-31(20-53)43-36(60)18-37(70-71(5,68)69)45-41(43)28(3)21-54-45/h8-9,11-12,14-15,17-18,21,27,29-31,44,54H,6-7,10,13,16,19-20,22-26H2,1-5H3,(H,55,65)(H,56,64)(H,57,61)(H,68,69). The Labute approximate surface area is 420 Å². The van der Waals surface area contributed by atoms with Gasteiger partial charge in [0.25, 0.3) is 11.8 Å². The van der Waals surface area contributed by atoms with Crippen LogP contribution in [0.15, 0.2) is 54.7 Å². The largest absolute Gasteiger partial charge is 0.422 e. The van der Waals surface area contributed by atoms with E-state index < -0.39 is 42.3 Å². The molecule has 5 N–H and O–H groups in total. The zero-order chi connectivity index (χ0) is 50.9. The van der Waals surface area contributed by atoms with Gasteiger partial charge in [-0.25, -0.2) is 4.57 Å². The molecule has 2 bridgehead atoms. The third-order valence-corrected chi connectivity index (χ3v) is 16.2. The number of carbonyl (C=O) groups excluding carboxylic acids is 7. The molecule has 3 aliphatic carbocycles. The Balaban J connectivity index is 0.872. The highest BCUT2D eigenvalue weighted by Gasteiger charge is 2.76. The number of alkyl halides is 2. The lowest BCUT2D eigenvalue weighted by atomic mass is 9.34. The Morgan fingerprint density at radius 3 is 2.03 bits per heavy atom. The fourth-order valence-corrected chi connectivity index (χ4v) is 12.6. The lowest BCUT2D eigenvalue weighted by molar-refractivity contribution is -0.205. The fraction of sp³-hybridized carbons (Fsp3) is 0.471. The summed E-state index contributed by atoms with van der Waals surface area (Å²) in [6, 6.07) is 9.02. The van der Waals surface area contributed by atoms with E-state index in [1.807, 2.05) is 31.2 Å². The van der Waals surface area contributed by atoms with E-state index in [0.717, 1.165) is 44.4 Å². The number of H-pyrrole nitrogens is 1. The molecule has 3 saturated carbocycles. The number of aryl methyl sites for hydroxylation is 1. The Morgan fingerprint density at radius 2 is 1.44 bits per heavy atom. The summed E-state index contributed by atoms with van der Waals surface area (Å²) in [4.78, 5) is 112. The molecule has 0 spiro atoms. The Morgan fingerprint density at radius 1 is 0.845 bits per heavy atom. The van der Waals surface area contributed by atoms with Gasteiger partial charge in [-0.05, 0) is 80.0 Å². The van der Waals surface area contributed by atoms with Crippen molar-refractivity contribution in [2.75, 3.05) is 53.2 Å². The second kappa shape index (κ2) is 19.0. The lowest BCUT2D eigenvalue weighted by Crippen LogP contribution is -2.73. The van der Waals surface area contributed by atoms with Crippen LogP contribution >= 0.6 is 30.8 Å². The number of fused-ring (bicyclic) bond motifs is 6. The SMILES string of the molecule is Cc1c[nH]c2c(OP(C)(=O)O)cc3c(c12)C(CCl)CN3C(=O)C12CC(C(=O)N3CC(CCl)c4c3cc(NC(=O)C(C)NC(=O)C(NC(=O)CCCCCN3C(=O)C=CC3=O)C(C)C)c3ccccc43)(C1)C2. The first-order valence-corrected chi connectivity index (χ1v) is 27.2. The van der Waals surface area contributed by atoms with E-state index in [2.05, 4.69) is 20.9 Å². The maximum Gasteiger partial charge on any atom is 0.373 e. The molecule has 3 aromatic carbocycles. The lowest BCUT2D eigenvalue weighted by Gasteiger charge is -2.69. The van der Waals surface area contributed by atoms with Crippen LogP contribution in [0, 0.1) is 23.7 Å². The molecule has 20 heteroatoms. The molecule has 10 rings (SSSR count). The van der Waals surface area contributed by atoms with E-state index in [4.69, 9.17) is 27.7 Å². The third kappa shape index (κ3) is 9.01. The van der Waals surface area contributed by atoms with Crippen LogP contribution in [0.5, 0.6) is 5.75 Å². The fourth-order valence-electron chi connectivity index (χ4n) is 11.5. The molecule has 5 unspecified atom stereocenters. The van der Waals surface area contributed by atoms with Crippen molar-refractivity contribution < 1.29 is 47.5 Å². The van der Waals surface area contributed by atoms with E-state index in [1.54, 1.807) is 48.9 Å². The predicted molar refractivity (Wildman–Crippen MR) is 271 cm³/mol. The summed E-state index contributed by atoms with van der Waals surface area (Å²) >= 11 is 13.2. The van der Waals surface area contributed by atoms with Gasteiger partial charge in [0, 0.05) is 97.2 Å². The topological polar surface area (TPSA) is 228 Å². The number of halogens is 2. The van der Waals surface area contributed by atoms with E-state index in [0.29, 0.717) is 74.2 Å². The summed E-state index contributed by atoms with van der Waals surface area (Å²) in [7, 11) is -3.97. The van der Waals surface area contributed by atoms with Crippen molar-refractivity contribution in [2.45, 2.75) is 96.6 Å². The van der Waals surface area contributed by atoms with Crippen molar-refractivity contribution in [1.82, 2.24) is 20.5 Å². The number of hydrogen-bond acceptors (Lipinski definition) is 9. The zero-order valence-corrected chi connectivity index (χ0v) is 42.6. The summed E-state index contributed by atoms with van der Waals surface area (Å²) in [5, 5.41) is 10.9. The van der Waals surface area contributed by atoms with Crippen LogP contribution in [0.3, 0.4) is 0 Å². The van der Waals surface area contributed by atoms with Crippen LogP contribution in [0.4, 0.5) is 17.1 Å². The van der Waals surface area contributed by atoms with Crippen LogP contribution in [0.25, 0.3) is 21.7 Å². The quantitative estimate of drug-likeness (QED) is 0.0294. The minimum absolute atomic E-state index is 0.119. The van der Waals surface area contributed by atoms with Crippen molar-refractivity contribution in [2.24, 2.45) is 16.7 Å². The number of nitrogens with one attached hydrogen (secondary N) is 4. The molecule has 3 aliphatic heterocycles. The van der Waals surface area contributed by atoms with Gasteiger partial charge < -0.3 is 40.2 Å². The van der Waals surface area contributed by atoms with Gasteiger partial charge in [0.15, 0.2) is 5.75 Å². The number of benzene rings is 3. The first-order valence-electron chi connectivity index (χ1n) is 24.1. The number of aromatic nitrogens is 1. The van der Waals surface area contributed by atoms with Crippen molar-refractivity contribution in [3.8, 4) is 5.75 Å². The average molecular weight is 1030 g/mol. The Hall–Kier alpha value is -5.74. The van der Waals surface area contributed by atoms with Gasteiger partial charge in [-0.3, -0.25) is 38.5 Å². The van der Waals surface area contributed by atoms with Gasteiger partial charge in [-0.1, -0.05) is 44.5 Å². The van der Waals surface area contributed by atoms with Crippen LogP contribution in [-0.2, 0) is 38.1 Å². The summed E-state index contributed by atoms with van der Waals surface area (Å²) in [6.45, 7) is 9.05.